The number of hydrogen-bond donors (Lipinski definition) is 2. The molecule has 0 atom stereocenters. The highest BCUT2D eigenvalue weighted by Crippen LogP contribution is 2.28. The summed E-state index contributed by atoms with van der Waals surface area (Å²) in [6.45, 7) is 0. The molecule has 0 heterocycles. The minimum absolute atomic E-state index is 0.0699. The van der Waals surface area contributed by atoms with Gasteiger partial charge in [-0.1, -0.05) is 18.9 Å². The third-order valence-corrected chi connectivity index (χ3v) is 6.10. The fourth-order valence-electron chi connectivity index (χ4n) is 3.30. The summed E-state index contributed by atoms with van der Waals surface area (Å²) in [5.41, 5.74) is 0.919. The number of sulfonamides is 1. The summed E-state index contributed by atoms with van der Waals surface area (Å²) in [5.74, 6) is 1.01. The van der Waals surface area contributed by atoms with Gasteiger partial charge < -0.3 is 10.1 Å². The Hall–Kier alpha value is -2.54. The largest absolute Gasteiger partial charge is 0.497 e. The minimum Gasteiger partial charge on any atom is -0.497 e. The van der Waals surface area contributed by atoms with E-state index >= 15 is 0 Å². The number of benzene rings is 2. The fourth-order valence-corrected chi connectivity index (χ4v) is 4.41. The highest BCUT2D eigenvalue weighted by Gasteiger charge is 2.19. The van der Waals surface area contributed by atoms with Gasteiger partial charge in [0.15, 0.2) is 0 Å². The zero-order chi connectivity index (χ0) is 19.3. The summed E-state index contributed by atoms with van der Waals surface area (Å²) < 4.78 is 32.8. The maximum atomic E-state index is 12.6. The van der Waals surface area contributed by atoms with Crippen LogP contribution in [0.5, 0.6) is 5.75 Å². The average Bonchev–Trinajstić information content (AvgIpc) is 3.15. The van der Waals surface area contributed by atoms with Crippen LogP contribution in [-0.4, -0.2) is 21.4 Å². The summed E-state index contributed by atoms with van der Waals surface area (Å²) >= 11 is 0. The van der Waals surface area contributed by atoms with E-state index in [2.05, 4.69) is 10.0 Å². The van der Waals surface area contributed by atoms with Gasteiger partial charge in [-0.15, -0.1) is 0 Å². The molecule has 2 aromatic carbocycles. The highest BCUT2D eigenvalue weighted by molar-refractivity contribution is 7.92. The van der Waals surface area contributed by atoms with Crippen LogP contribution in [0.25, 0.3) is 0 Å². The van der Waals surface area contributed by atoms with Crippen molar-refractivity contribution in [1.82, 2.24) is 0 Å². The molecule has 1 fully saturated rings. The van der Waals surface area contributed by atoms with Crippen LogP contribution in [0.15, 0.2) is 53.4 Å². The van der Waals surface area contributed by atoms with Crippen LogP contribution < -0.4 is 14.8 Å². The first-order chi connectivity index (χ1) is 13.0. The summed E-state index contributed by atoms with van der Waals surface area (Å²) in [5, 5.41) is 2.81. The topological polar surface area (TPSA) is 84.5 Å². The van der Waals surface area contributed by atoms with Crippen molar-refractivity contribution in [2.45, 2.75) is 37.0 Å². The van der Waals surface area contributed by atoms with E-state index in [4.69, 9.17) is 4.74 Å². The number of anilines is 2. The van der Waals surface area contributed by atoms with Gasteiger partial charge in [-0.2, -0.15) is 0 Å². The average molecular weight is 388 g/mol. The molecule has 0 bridgehead atoms. The summed E-state index contributed by atoms with van der Waals surface area (Å²) in [4.78, 5) is 12.3. The monoisotopic (exact) mass is 388 g/mol. The van der Waals surface area contributed by atoms with Gasteiger partial charge >= 0.3 is 0 Å². The van der Waals surface area contributed by atoms with E-state index in [1.54, 1.807) is 43.5 Å². The van der Waals surface area contributed by atoms with Crippen molar-refractivity contribution in [2.24, 2.45) is 5.92 Å². The molecule has 0 aliphatic heterocycles. The van der Waals surface area contributed by atoms with Crippen LogP contribution in [0, 0.1) is 5.92 Å². The molecule has 3 rings (SSSR count). The maximum Gasteiger partial charge on any atom is 0.261 e. The first-order valence-electron chi connectivity index (χ1n) is 9.03. The van der Waals surface area contributed by atoms with E-state index in [1.807, 2.05) is 0 Å². The molecule has 1 saturated carbocycles. The summed E-state index contributed by atoms with van der Waals surface area (Å²) in [6, 6.07) is 12.9. The number of amides is 1. The summed E-state index contributed by atoms with van der Waals surface area (Å²) in [6.07, 6.45) is 5.04. The second-order valence-electron chi connectivity index (χ2n) is 6.76. The molecule has 7 heteroatoms. The van der Waals surface area contributed by atoms with Gasteiger partial charge in [-0.25, -0.2) is 8.42 Å². The van der Waals surface area contributed by atoms with Crippen molar-refractivity contribution in [3.05, 3.63) is 48.5 Å². The number of carbonyl (C=O) groups excluding carboxylic acids is 1. The van der Waals surface area contributed by atoms with Crippen molar-refractivity contribution in [1.29, 1.82) is 0 Å². The lowest BCUT2D eigenvalue weighted by atomic mass is 10.0. The molecule has 1 aliphatic carbocycles. The SMILES string of the molecule is COc1ccc(NS(=O)(=O)c2cccc(NC(=O)CC3CCCC3)c2)cc1. The number of ether oxygens (including phenoxy) is 1. The van der Waals surface area contributed by atoms with Gasteiger partial charge in [0.25, 0.3) is 10.0 Å². The Bertz CT molecular complexity index is 888. The van der Waals surface area contributed by atoms with Crippen LogP contribution >= 0.6 is 0 Å². The molecule has 6 nitrogen and oxygen atoms in total. The zero-order valence-corrected chi connectivity index (χ0v) is 16.1. The quantitative estimate of drug-likeness (QED) is 0.750. The molecule has 0 aromatic heterocycles. The molecular weight excluding hydrogens is 364 g/mol. The second kappa shape index (κ2) is 8.43. The molecule has 0 unspecified atom stereocenters. The van der Waals surface area contributed by atoms with Crippen LogP contribution in [0.3, 0.4) is 0 Å². The Kier molecular flexibility index (Phi) is 6.01. The number of carbonyl (C=O) groups is 1. The zero-order valence-electron chi connectivity index (χ0n) is 15.3. The Morgan fingerprint density at radius 3 is 2.44 bits per heavy atom. The molecule has 144 valence electrons. The van der Waals surface area contributed by atoms with Crippen molar-refractivity contribution in [2.75, 3.05) is 17.1 Å². The number of rotatable bonds is 7. The number of hydrogen-bond acceptors (Lipinski definition) is 4. The summed E-state index contributed by atoms with van der Waals surface area (Å²) in [7, 11) is -2.21. The highest BCUT2D eigenvalue weighted by atomic mass is 32.2. The van der Waals surface area contributed by atoms with Gasteiger partial charge in [0.2, 0.25) is 5.91 Å². The molecule has 0 radical (unpaired) electrons. The predicted octanol–water partition coefficient (Wildman–Crippen LogP) is 4.01. The van der Waals surface area contributed by atoms with Crippen LogP contribution in [0.2, 0.25) is 0 Å². The van der Waals surface area contributed by atoms with Crippen LogP contribution in [0.4, 0.5) is 11.4 Å². The fraction of sp³-hybridized carbons (Fsp3) is 0.350. The van der Waals surface area contributed by atoms with Gasteiger partial charge in [-0.05, 0) is 61.2 Å². The first-order valence-corrected chi connectivity index (χ1v) is 10.5. The maximum absolute atomic E-state index is 12.6. The van der Waals surface area contributed by atoms with Crippen LogP contribution in [-0.2, 0) is 14.8 Å². The normalized spacial score (nSPS) is 14.7. The molecule has 1 amide bonds. The Balaban J connectivity index is 1.68. The third kappa shape index (κ3) is 5.23. The van der Waals surface area contributed by atoms with E-state index in [0.29, 0.717) is 29.5 Å². The first kappa shape index (κ1) is 19.2. The molecular formula is C20H24N2O4S. The Morgan fingerprint density at radius 1 is 1.07 bits per heavy atom. The van der Waals surface area contributed by atoms with E-state index < -0.39 is 10.0 Å². The van der Waals surface area contributed by atoms with Crippen molar-refractivity contribution < 1.29 is 17.9 Å². The van der Waals surface area contributed by atoms with E-state index in [9.17, 15) is 13.2 Å². The molecule has 2 aromatic rings. The van der Waals surface area contributed by atoms with E-state index in [0.717, 1.165) is 12.8 Å². The lowest BCUT2D eigenvalue weighted by Gasteiger charge is -2.12. The number of nitrogens with one attached hydrogen (secondary N) is 2. The third-order valence-electron chi connectivity index (χ3n) is 4.72. The lowest BCUT2D eigenvalue weighted by Crippen LogP contribution is -2.16. The molecule has 2 N–H and O–H groups in total. The molecule has 27 heavy (non-hydrogen) atoms. The predicted molar refractivity (Wildman–Crippen MR) is 105 cm³/mol. The van der Waals surface area contributed by atoms with Gasteiger partial charge in [-0.3, -0.25) is 9.52 Å². The minimum atomic E-state index is -3.76. The van der Waals surface area contributed by atoms with Gasteiger partial charge in [0.05, 0.1) is 12.0 Å². The number of methoxy groups -OCH3 is 1. The van der Waals surface area contributed by atoms with Gasteiger partial charge in [0.1, 0.15) is 5.75 Å². The van der Waals surface area contributed by atoms with E-state index in [1.165, 1.54) is 25.0 Å². The Morgan fingerprint density at radius 2 is 1.78 bits per heavy atom. The van der Waals surface area contributed by atoms with E-state index in [-0.39, 0.29) is 10.8 Å². The molecule has 0 saturated heterocycles. The van der Waals surface area contributed by atoms with Crippen molar-refractivity contribution in [3.63, 3.8) is 0 Å². The van der Waals surface area contributed by atoms with Gasteiger partial charge in [0, 0.05) is 17.8 Å². The smallest absolute Gasteiger partial charge is 0.261 e. The lowest BCUT2D eigenvalue weighted by molar-refractivity contribution is -0.117. The molecule has 0 spiro atoms. The van der Waals surface area contributed by atoms with Crippen molar-refractivity contribution in [3.8, 4) is 5.75 Å². The Labute approximate surface area is 160 Å². The standard InChI is InChI=1S/C20H24N2O4S/c1-26-18-11-9-16(10-12-18)22-27(24,25)19-8-4-7-17(14-19)21-20(23)13-15-5-2-3-6-15/h4,7-12,14-15,22H,2-3,5-6,13H2,1H3,(H,21,23). The van der Waals surface area contributed by atoms with Crippen LogP contribution in [0.1, 0.15) is 32.1 Å². The van der Waals surface area contributed by atoms with Crippen molar-refractivity contribution >= 4 is 27.3 Å². The molecule has 1 aliphatic rings. The second-order valence-corrected chi connectivity index (χ2v) is 8.45.